The number of carboxylic acids is 1. The van der Waals surface area contributed by atoms with Gasteiger partial charge >= 0.3 is 5.97 Å². The Bertz CT molecular complexity index is 1170. The van der Waals surface area contributed by atoms with E-state index in [2.05, 4.69) is 5.32 Å². The van der Waals surface area contributed by atoms with Gasteiger partial charge in [-0.1, -0.05) is 30.3 Å². The fraction of sp³-hybridized carbons (Fsp3) is 0.462. The molecule has 36 heavy (non-hydrogen) atoms. The molecule has 1 heterocycles. The van der Waals surface area contributed by atoms with Crippen LogP contribution in [0.25, 0.3) is 0 Å². The molecule has 196 valence electrons. The van der Waals surface area contributed by atoms with Crippen LogP contribution in [0.1, 0.15) is 50.3 Å². The Hall–Kier alpha value is -2.95. The summed E-state index contributed by atoms with van der Waals surface area (Å²) >= 11 is 0. The Morgan fingerprint density at radius 3 is 2.56 bits per heavy atom. The lowest BCUT2D eigenvalue weighted by Crippen LogP contribution is -2.44. The van der Waals surface area contributed by atoms with Crippen molar-refractivity contribution in [2.45, 2.75) is 51.4 Å². The number of Topliss-reactive ketones (excluding diaryl/α,β-unsaturated/α-hetero) is 1. The molecule has 0 bridgehead atoms. The molecule has 0 aliphatic carbocycles. The van der Waals surface area contributed by atoms with E-state index in [1.165, 1.54) is 10.6 Å². The molecule has 1 atom stereocenters. The Kier molecular flexibility index (Phi) is 9.10. The largest absolute Gasteiger partial charge is 0.489 e. The fourth-order valence-corrected chi connectivity index (χ4v) is 5.38. The zero-order chi connectivity index (χ0) is 26.3. The Morgan fingerprint density at radius 1 is 1.17 bits per heavy atom. The summed E-state index contributed by atoms with van der Waals surface area (Å²) in [7, 11) is -3.62. The molecular weight excluding hydrogens is 484 g/mol. The van der Waals surface area contributed by atoms with Crippen LogP contribution in [0.2, 0.25) is 0 Å². The summed E-state index contributed by atoms with van der Waals surface area (Å²) in [6.07, 6.45) is 2.06. The normalized spacial score (nSPS) is 16.7. The molecule has 1 unspecified atom stereocenters. The highest BCUT2D eigenvalue weighted by Crippen LogP contribution is 2.45. The summed E-state index contributed by atoms with van der Waals surface area (Å²) < 4.78 is 39.3. The number of aliphatic carboxylic acids is 1. The van der Waals surface area contributed by atoms with Crippen LogP contribution in [-0.2, 0) is 26.2 Å². The minimum atomic E-state index is -3.62. The summed E-state index contributed by atoms with van der Waals surface area (Å²) in [5.74, 6) is -0.00192. The van der Waals surface area contributed by atoms with E-state index in [4.69, 9.17) is 14.6 Å². The molecule has 1 aliphatic heterocycles. The number of hydrogen-bond donors (Lipinski definition) is 2. The van der Waals surface area contributed by atoms with Crippen molar-refractivity contribution in [1.82, 2.24) is 9.62 Å². The van der Waals surface area contributed by atoms with Crippen molar-refractivity contribution in [2.24, 2.45) is 0 Å². The van der Waals surface area contributed by atoms with Crippen molar-refractivity contribution in [3.05, 3.63) is 59.7 Å². The Morgan fingerprint density at radius 2 is 1.89 bits per heavy atom. The first kappa shape index (κ1) is 27.6. The minimum Gasteiger partial charge on any atom is -0.489 e. The summed E-state index contributed by atoms with van der Waals surface area (Å²) in [5, 5.41) is 11.2. The van der Waals surface area contributed by atoms with E-state index in [0.717, 1.165) is 11.1 Å². The Labute approximate surface area is 212 Å². The molecular formula is C26H34N2O7S. The molecule has 0 spiro atoms. The van der Waals surface area contributed by atoms with Gasteiger partial charge < -0.3 is 19.9 Å². The molecule has 2 aromatic carbocycles. The maximum atomic E-state index is 12.9. The lowest BCUT2D eigenvalue weighted by Gasteiger charge is -2.41. The van der Waals surface area contributed by atoms with E-state index in [-0.39, 0.29) is 31.8 Å². The van der Waals surface area contributed by atoms with Gasteiger partial charge in [-0.3, -0.25) is 9.59 Å². The number of carbonyl (C=O) groups is 2. The van der Waals surface area contributed by atoms with E-state index < -0.39 is 27.6 Å². The molecule has 0 amide bonds. The Balaban J connectivity index is 1.77. The molecule has 0 saturated heterocycles. The van der Waals surface area contributed by atoms with Crippen molar-refractivity contribution < 1.29 is 32.6 Å². The average molecular weight is 519 g/mol. The third-order valence-electron chi connectivity index (χ3n) is 5.87. The molecule has 2 aromatic rings. The topological polar surface area (TPSA) is 122 Å². The van der Waals surface area contributed by atoms with Gasteiger partial charge in [0.25, 0.3) is 0 Å². The predicted octanol–water partition coefficient (Wildman–Crippen LogP) is 3.15. The first-order valence-electron chi connectivity index (χ1n) is 11.9. The van der Waals surface area contributed by atoms with Crippen LogP contribution in [0.15, 0.2) is 48.5 Å². The third-order valence-corrected chi connectivity index (χ3v) is 7.15. The highest BCUT2D eigenvalue weighted by Gasteiger charge is 2.40. The van der Waals surface area contributed by atoms with E-state index in [0.29, 0.717) is 30.9 Å². The zero-order valence-corrected chi connectivity index (χ0v) is 21.7. The van der Waals surface area contributed by atoms with Crippen LogP contribution < -0.4 is 14.8 Å². The second kappa shape index (κ2) is 11.9. The third kappa shape index (κ3) is 8.04. The number of nitrogens with one attached hydrogen (secondary N) is 1. The van der Waals surface area contributed by atoms with Gasteiger partial charge in [-0.05, 0) is 44.0 Å². The van der Waals surface area contributed by atoms with E-state index in [9.17, 15) is 18.0 Å². The smallest absolute Gasteiger partial charge is 0.317 e. The number of carboxylic acid groups (broad SMARTS) is 1. The maximum Gasteiger partial charge on any atom is 0.317 e. The number of fused-ring (bicyclic) bond motifs is 1. The molecule has 0 saturated carbocycles. The molecule has 9 nitrogen and oxygen atoms in total. The van der Waals surface area contributed by atoms with E-state index in [1.807, 2.05) is 62.4 Å². The van der Waals surface area contributed by atoms with Crippen molar-refractivity contribution in [2.75, 3.05) is 25.9 Å². The van der Waals surface area contributed by atoms with Crippen molar-refractivity contribution in [3.63, 3.8) is 0 Å². The molecule has 0 radical (unpaired) electrons. The summed E-state index contributed by atoms with van der Waals surface area (Å²) in [4.78, 5) is 22.7. The van der Waals surface area contributed by atoms with Crippen LogP contribution >= 0.6 is 0 Å². The van der Waals surface area contributed by atoms with Crippen molar-refractivity contribution in [3.8, 4) is 11.5 Å². The van der Waals surface area contributed by atoms with Crippen LogP contribution in [0.5, 0.6) is 11.5 Å². The quantitative estimate of drug-likeness (QED) is 0.415. The first-order chi connectivity index (χ1) is 16.9. The van der Waals surface area contributed by atoms with Gasteiger partial charge in [0.2, 0.25) is 10.0 Å². The van der Waals surface area contributed by atoms with E-state index >= 15 is 0 Å². The van der Waals surface area contributed by atoms with Crippen LogP contribution in [0, 0.1) is 0 Å². The summed E-state index contributed by atoms with van der Waals surface area (Å²) in [6, 6.07) is 14.7. The van der Waals surface area contributed by atoms with Gasteiger partial charge in [0, 0.05) is 24.9 Å². The molecule has 2 N–H and O–H groups in total. The number of sulfonamides is 1. The second-order valence-electron chi connectivity index (χ2n) is 9.57. The first-order valence-corrected chi connectivity index (χ1v) is 13.7. The number of benzene rings is 2. The number of nitrogens with zero attached hydrogens (tertiary/aromatic N) is 1. The van der Waals surface area contributed by atoms with Gasteiger partial charge in [0.15, 0.2) is 0 Å². The maximum absolute atomic E-state index is 12.9. The van der Waals surface area contributed by atoms with Gasteiger partial charge in [0.05, 0.1) is 25.4 Å². The number of hydrogen-bond acceptors (Lipinski definition) is 7. The summed E-state index contributed by atoms with van der Waals surface area (Å²) in [6.45, 7) is 4.00. The number of ketones is 1. The number of rotatable bonds is 13. The molecule has 3 rings (SSSR count). The number of carbonyl (C=O) groups excluding carboxylic acids is 1. The highest BCUT2D eigenvalue weighted by atomic mass is 32.2. The van der Waals surface area contributed by atoms with E-state index in [1.54, 1.807) is 0 Å². The molecule has 0 fully saturated rings. The van der Waals surface area contributed by atoms with Crippen LogP contribution in [0.3, 0.4) is 0 Å². The van der Waals surface area contributed by atoms with Gasteiger partial charge in [-0.15, -0.1) is 0 Å². The lowest BCUT2D eigenvalue weighted by atomic mass is 9.89. The van der Waals surface area contributed by atoms with Gasteiger partial charge in [-0.2, -0.15) is 4.31 Å². The average Bonchev–Trinajstić information content (AvgIpc) is 2.79. The van der Waals surface area contributed by atoms with Crippen LogP contribution in [0.4, 0.5) is 0 Å². The molecule has 0 aromatic heterocycles. The number of ether oxygens (including phenoxy) is 2. The highest BCUT2D eigenvalue weighted by molar-refractivity contribution is 7.88. The standard InChI is InChI=1S/C26H34N2O7S/c1-26(2)15-23(28(36(3,32)33)13-7-10-20(29)16-27-17-25(30)31)22-14-21(11-12-24(22)35-26)34-18-19-8-5-4-6-9-19/h4-6,8-9,11-12,14,23,27H,7,10,13,15-18H2,1-3H3,(H,30,31). The predicted molar refractivity (Wildman–Crippen MR) is 136 cm³/mol. The minimum absolute atomic E-state index is 0.0690. The molecule has 10 heteroatoms. The molecule has 1 aliphatic rings. The SMILES string of the molecule is CC1(C)CC(N(CCCC(=O)CNCC(=O)O)S(C)(=O)=O)c2cc(OCc3ccccc3)ccc2O1. The van der Waals surface area contributed by atoms with Gasteiger partial charge in [-0.25, -0.2) is 8.42 Å². The lowest BCUT2D eigenvalue weighted by molar-refractivity contribution is -0.136. The second-order valence-corrected chi connectivity index (χ2v) is 11.5. The van der Waals surface area contributed by atoms with Crippen molar-refractivity contribution in [1.29, 1.82) is 0 Å². The van der Waals surface area contributed by atoms with Crippen LogP contribution in [-0.4, -0.2) is 61.1 Å². The fourth-order valence-electron chi connectivity index (χ4n) is 4.26. The monoisotopic (exact) mass is 518 g/mol. The zero-order valence-electron chi connectivity index (χ0n) is 20.9. The summed E-state index contributed by atoms with van der Waals surface area (Å²) in [5.41, 5.74) is 1.15. The van der Waals surface area contributed by atoms with Crippen molar-refractivity contribution >= 4 is 21.8 Å². The van der Waals surface area contributed by atoms with Gasteiger partial charge in [0.1, 0.15) is 29.5 Å².